The smallest absolute Gasteiger partial charge is 0.357 e. The van der Waals surface area contributed by atoms with Gasteiger partial charge in [0.2, 0.25) is 0 Å². The van der Waals surface area contributed by atoms with Crippen molar-refractivity contribution in [3.63, 3.8) is 0 Å². The maximum atomic E-state index is 14.4. The Bertz CT molecular complexity index is 623. The van der Waals surface area contributed by atoms with Gasteiger partial charge in [-0.25, -0.2) is 27.6 Å². The van der Waals surface area contributed by atoms with E-state index in [2.05, 4.69) is 4.74 Å². The molecule has 0 bridgehead atoms. The highest BCUT2D eigenvalue weighted by Crippen LogP contribution is 2.68. The normalized spacial score (nSPS) is 37.6. The minimum atomic E-state index is -7.24. The highest BCUT2D eigenvalue weighted by Gasteiger charge is 3.04. The van der Waals surface area contributed by atoms with Crippen molar-refractivity contribution in [2.45, 2.75) is 41.7 Å². The molecule has 150 valence electrons. The van der Waals surface area contributed by atoms with Crippen LogP contribution in [0.2, 0.25) is 0 Å². The molecule has 0 saturated heterocycles. The van der Waals surface area contributed by atoms with Gasteiger partial charge in [0.15, 0.2) is 0 Å². The highest BCUT2D eigenvalue weighted by molar-refractivity contribution is 5.95. The van der Waals surface area contributed by atoms with E-state index < -0.39 is 59.3 Å². The molecule has 0 aromatic heterocycles. The number of alkyl halides is 9. The van der Waals surface area contributed by atoms with Gasteiger partial charge in [-0.2, -0.15) is 26.3 Å². The van der Waals surface area contributed by atoms with Crippen molar-refractivity contribution in [1.82, 2.24) is 0 Å². The van der Waals surface area contributed by atoms with Crippen LogP contribution in [0, 0.1) is 0 Å². The van der Waals surface area contributed by atoms with Gasteiger partial charge in [0, 0.05) is 0 Å². The maximum Gasteiger partial charge on any atom is 0.357 e. The number of rotatable bonds is 4. The average Bonchev–Trinajstić information content (AvgIpc) is 2.49. The van der Waals surface area contributed by atoms with Crippen LogP contribution in [0.5, 0.6) is 0 Å². The van der Waals surface area contributed by atoms with Crippen molar-refractivity contribution in [2.24, 2.45) is 0 Å². The largest absolute Gasteiger partial charge is 0.479 e. The van der Waals surface area contributed by atoms with Gasteiger partial charge in [-0.1, -0.05) is 0 Å². The van der Waals surface area contributed by atoms with Gasteiger partial charge >= 0.3 is 52.7 Å². The number of carbonyl (C=O) groups is 3. The summed E-state index contributed by atoms with van der Waals surface area (Å²) in [6.45, 7) is -0.513. The molecule has 1 aliphatic carbocycles. The second-order valence-corrected chi connectivity index (χ2v) is 5.03. The first-order valence-electron chi connectivity index (χ1n) is 6.21. The Kier molecular flexibility index (Phi) is 4.52. The van der Waals surface area contributed by atoms with E-state index in [-0.39, 0.29) is 0 Å². The van der Waals surface area contributed by atoms with Gasteiger partial charge in [-0.15, -0.1) is 0 Å². The van der Waals surface area contributed by atoms with E-state index in [0.717, 1.165) is 0 Å². The summed E-state index contributed by atoms with van der Waals surface area (Å²) in [5, 5.41) is 16.7. The van der Waals surface area contributed by atoms with Crippen LogP contribution in [0.25, 0.3) is 0 Å². The van der Waals surface area contributed by atoms with Gasteiger partial charge < -0.3 is 14.9 Å². The lowest BCUT2D eigenvalue weighted by atomic mass is 9.61. The Balaban J connectivity index is 4.16. The van der Waals surface area contributed by atoms with E-state index in [0.29, 0.717) is 6.92 Å². The summed E-state index contributed by atoms with van der Waals surface area (Å²) in [4.78, 5) is 32.5. The van der Waals surface area contributed by atoms with Gasteiger partial charge in [0.05, 0.1) is 6.61 Å². The molecule has 0 aliphatic heterocycles. The molecule has 1 saturated carbocycles. The summed E-state index contributed by atoms with van der Waals surface area (Å²) in [6, 6.07) is 0. The third-order valence-corrected chi connectivity index (χ3v) is 3.74. The zero-order chi connectivity index (χ0) is 21.1. The molecule has 1 fully saturated rings. The number of esters is 1. The molecular weight excluding hydrogens is 399 g/mol. The Labute approximate surface area is 136 Å². The molecule has 0 aromatic rings. The van der Waals surface area contributed by atoms with Crippen LogP contribution in [0.15, 0.2) is 0 Å². The molecule has 2 atom stereocenters. The molecule has 6 nitrogen and oxygen atoms in total. The first-order chi connectivity index (χ1) is 11.4. The summed E-state index contributed by atoms with van der Waals surface area (Å²) < 4.78 is 130. The lowest BCUT2D eigenvalue weighted by Gasteiger charge is -2.53. The van der Waals surface area contributed by atoms with E-state index in [4.69, 9.17) is 10.2 Å². The monoisotopic (exact) mass is 406 g/mol. The first kappa shape index (κ1) is 21.8. The van der Waals surface area contributed by atoms with Gasteiger partial charge in [0.1, 0.15) is 0 Å². The number of aliphatic carboxylic acids is 2. The summed E-state index contributed by atoms with van der Waals surface area (Å²) in [5.74, 6) is -33.3. The van der Waals surface area contributed by atoms with Crippen molar-refractivity contribution < 1.29 is 68.8 Å². The van der Waals surface area contributed by atoms with E-state index in [9.17, 15) is 53.9 Å². The Morgan fingerprint density at radius 3 is 1.19 bits per heavy atom. The molecule has 2 N–H and O–H groups in total. The van der Waals surface area contributed by atoms with Gasteiger partial charge in [0.25, 0.3) is 0 Å². The number of carboxylic acid groups (broad SMARTS) is 2. The lowest BCUT2D eigenvalue weighted by molar-refractivity contribution is -0.410. The second kappa shape index (κ2) is 5.39. The summed E-state index contributed by atoms with van der Waals surface area (Å²) in [5.41, 5.74) is -20.6. The minimum absolute atomic E-state index is 0.689. The second-order valence-electron chi connectivity index (χ2n) is 5.03. The molecule has 2 unspecified atom stereocenters. The molecule has 0 aromatic carbocycles. The third kappa shape index (κ3) is 1.78. The average molecular weight is 406 g/mol. The van der Waals surface area contributed by atoms with Crippen LogP contribution >= 0.6 is 0 Å². The number of carbonyl (C=O) groups excluding carboxylic acids is 1. The molecule has 26 heavy (non-hydrogen) atoms. The number of carboxylic acids is 2. The van der Waals surface area contributed by atoms with E-state index in [1.807, 2.05) is 0 Å². The topological polar surface area (TPSA) is 101 Å². The predicted molar refractivity (Wildman–Crippen MR) is 58.3 cm³/mol. The van der Waals surface area contributed by atoms with Gasteiger partial charge in [-0.3, -0.25) is 0 Å². The SMILES string of the molecule is CCOC(=O)C1(F)C(F)(F)C(F)(C(=O)O)C(F)(F)C(F)(C(=O)O)C1(F)F. The van der Waals surface area contributed by atoms with Crippen molar-refractivity contribution in [3.8, 4) is 0 Å². The number of hydrogen-bond donors (Lipinski definition) is 2. The molecule has 0 heterocycles. The van der Waals surface area contributed by atoms with Gasteiger partial charge in [-0.05, 0) is 6.92 Å². The maximum absolute atomic E-state index is 14.4. The van der Waals surface area contributed by atoms with Crippen molar-refractivity contribution in [1.29, 1.82) is 0 Å². The predicted octanol–water partition coefficient (Wildman–Crippen LogP) is 1.76. The van der Waals surface area contributed by atoms with Crippen LogP contribution in [-0.4, -0.2) is 69.5 Å². The molecule has 0 amide bonds. The van der Waals surface area contributed by atoms with E-state index >= 15 is 0 Å². The van der Waals surface area contributed by atoms with Crippen LogP contribution < -0.4 is 0 Å². The fourth-order valence-corrected chi connectivity index (χ4v) is 2.33. The van der Waals surface area contributed by atoms with Crippen molar-refractivity contribution >= 4 is 17.9 Å². The fourth-order valence-electron chi connectivity index (χ4n) is 2.33. The minimum Gasteiger partial charge on any atom is -0.479 e. The number of halogens is 9. The Morgan fingerprint density at radius 2 is 0.962 bits per heavy atom. The molecular formula is C11H7F9O6. The Hall–Kier alpha value is -2.22. The Morgan fingerprint density at radius 1 is 0.692 bits per heavy atom. The van der Waals surface area contributed by atoms with Crippen LogP contribution in [0.1, 0.15) is 6.92 Å². The number of ether oxygens (including phenoxy) is 1. The molecule has 1 aliphatic rings. The van der Waals surface area contributed by atoms with Crippen LogP contribution in [-0.2, 0) is 19.1 Å². The molecule has 0 radical (unpaired) electrons. The number of hydrogen-bond acceptors (Lipinski definition) is 4. The summed E-state index contributed by atoms with van der Waals surface area (Å²) >= 11 is 0. The van der Waals surface area contributed by atoms with E-state index in [1.54, 1.807) is 0 Å². The van der Waals surface area contributed by atoms with E-state index in [1.165, 1.54) is 0 Å². The molecule has 1 rings (SSSR count). The standard InChI is InChI=1S/C11H7F9O6/c1-2-26-5(25)8(14)10(17,18)6(12,3(21)22)9(15,16)7(13,4(23)24)11(8,19)20/h2H2,1H3,(H,21,22)(H,23,24). The molecule has 0 spiro atoms. The van der Waals surface area contributed by atoms with Crippen molar-refractivity contribution in [2.75, 3.05) is 6.61 Å². The summed E-state index contributed by atoms with van der Waals surface area (Å²) in [7, 11) is 0. The van der Waals surface area contributed by atoms with Crippen molar-refractivity contribution in [3.05, 3.63) is 0 Å². The first-order valence-corrected chi connectivity index (χ1v) is 6.21. The zero-order valence-corrected chi connectivity index (χ0v) is 12.1. The summed E-state index contributed by atoms with van der Waals surface area (Å²) in [6.07, 6.45) is 0. The van der Waals surface area contributed by atoms with Crippen LogP contribution in [0.4, 0.5) is 39.5 Å². The fraction of sp³-hybridized carbons (Fsp3) is 0.727. The zero-order valence-electron chi connectivity index (χ0n) is 12.1. The quantitative estimate of drug-likeness (QED) is 0.545. The molecule has 15 heteroatoms. The lowest BCUT2D eigenvalue weighted by Crippen LogP contribution is -2.90. The third-order valence-electron chi connectivity index (χ3n) is 3.74. The highest BCUT2D eigenvalue weighted by atomic mass is 19.3. The van der Waals surface area contributed by atoms with Crippen LogP contribution in [0.3, 0.4) is 0 Å².